The van der Waals surface area contributed by atoms with Crippen LogP contribution in [-0.4, -0.2) is 6.61 Å². The molecule has 0 bridgehead atoms. The maximum Gasteiger partial charge on any atom is 0.387 e. The first-order valence-corrected chi connectivity index (χ1v) is 5.26. The molecule has 19 heavy (non-hydrogen) atoms. The van der Waals surface area contributed by atoms with Crippen molar-refractivity contribution in [1.29, 1.82) is 0 Å². The SMILES string of the molecule is Nc1cc(-c2cc(F)cc(F)c2)ccc1OC(F)F. The number of halogens is 4. The van der Waals surface area contributed by atoms with Crippen LogP contribution in [0.3, 0.4) is 0 Å². The lowest BCUT2D eigenvalue weighted by Gasteiger charge is -2.09. The van der Waals surface area contributed by atoms with Crippen molar-refractivity contribution in [2.75, 3.05) is 5.73 Å². The Morgan fingerprint density at radius 3 is 2.05 bits per heavy atom. The topological polar surface area (TPSA) is 35.2 Å². The fourth-order valence-corrected chi connectivity index (χ4v) is 1.65. The average molecular weight is 271 g/mol. The first kappa shape index (κ1) is 13.2. The summed E-state index contributed by atoms with van der Waals surface area (Å²) in [5, 5.41) is 0. The maximum atomic E-state index is 13.1. The van der Waals surface area contributed by atoms with E-state index >= 15 is 0 Å². The van der Waals surface area contributed by atoms with Crippen LogP contribution in [0.1, 0.15) is 0 Å². The molecule has 0 saturated heterocycles. The summed E-state index contributed by atoms with van der Waals surface area (Å²) in [6.07, 6.45) is 0. The van der Waals surface area contributed by atoms with Crippen LogP contribution in [0.15, 0.2) is 36.4 Å². The van der Waals surface area contributed by atoms with E-state index in [0.717, 1.165) is 18.2 Å². The summed E-state index contributed by atoms with van der Waals surface area (Å²) in [7, 11) is 0. The molecule has 0 amide bonds. The van der Waals surface area contributed by atoms with Gasteiger partial charge in [-0.2, -0.15) is 8.78 Å². The lowest BCUT2D eigenvalue weighted by molar-refractivity contribution is -0.0493. The molecule has 2 nitrogen and oxygen atoms in total. The molecule has 2 rings (SSSR count). The van der Waals surface area contributed by atoms with Gasteiger partial charge < -0.3 is 10.5 Å². The summed E-state index contributed by atoms with van der Waals surface area (Å²) in [6, 6.07) is 6.89. The number of ether oxygens (including phenoxy) is 1. The standard InChI is InChI=1S/C13H9F4NO/c14-9-3-8(4-10(15)6-9)7-1-2-12(11(18)5-7)19-13(16)17/h1-6,13H,18H2. The predicted octanol–water partition coefficient (Wildman–Crippen LogP) is 3.82. The molecule has 0 saturated carbocycles. The second-order valence-electron chi connectivity index (χ2n) is 3.79. The Balaban J connectivity index is 2.38. The van der Waals surface area contributed by atoms with E-state index in [4.69, 9.17) is 5.73 Å². The number of nitrogen functional groups attached to an aromatic ring is 1. The third kappa shape index (κ3) is 3.15. The molecule has 0 radical (unpaired) electrons. The van der Waals surface area contributed by atoms with Crippen molar-refractivity contribution in [2.45, 2.75) is 6.61 Å². The van der Waals surface area contributed by atoms with Gasteiger partial charge in [-0.3, -0.25) is 0 Å². The van der Waals surface area contributed by atoms with E-state index in [-0.39, 0.29) is 17.0 Å². The minimum absolute atomic E-state index is 0.0394. The Morgan fingerprint density at radius 2 is 1.53 bits per heavy atom. The number of hydrogen-bond donors (Lipinski definition) is 1. The highest BCUT2D eigenvalue weighted by Crippen LogP contribution is 2.30. The molecule has 6 heteroatoms. The van der Waals surface area contributed by atoms with Crippen molar-refractivity contribution < 1.29 is 22.3 Å². The molecule has 0 heterocycles. The zero-order chi connectivity index (χ0) is 14.0. The van der Waals surface area contributed by atoms with Crippen molar-refractivity contribution in [1.82, 2.24) is 0 Å². The molecule has 2 aromatic carbocycles. The Bertz CT molecular complexity index is 581. The van der Waals surface area contributed by atoms with Crippen LogP contribution in [-0.2, 0) is 0 Å². The fourth-order valence-electron chi connectivity index (χ4n) is 1.65. The van der Waals surface area contributed by atoms with E-state index in [1.807, 2.05) is 0 Å². The van der Waals surface area contributed by atoms with Gasteiger partial charge in [-0.25, -0.2) is 8.78 Å². The van der Waals surface area contributed by atoms with Crippen molar-refractivity contribution >= 4 is 5.69 Å². The number of benzene rings is 2. The number of alkyl halides is 2. The van der Waals surface area contributed by atoms with Gasteiger partial charge in [0.1, 0.15) is 17.4 Å². The van der Waals surface area contributed by atoms with Crippen molar-refractivity contribution in [2.24, 2.45) is 0 Å². The number of nitrogens with two attached hydrogens (primary N) is 1. The van der Waals surface area contributed by atoms with Gasteiger partial charge in [0.25, 0.3) is 0 Å². The quantitative estimate of drug-likeness (QED) is 0.680. The molecule has 0 fully saturated rings. The van der Waals surface area contributed by atoms with Crippen LogP contribution in [0.5, 0.6) is 5.75 Å². The smallest absolute Gasteiger partial charge is 0.387 e. The minimum Gasteiger partial charge on any atom is -0.433 e. The van der Waals surface area contributed by atoms with E-state index in [2.05, 4.69) is 4.74 Å². The molecule has 0 aliphatic carbocycles. The molecule has 0 unspecified atom stereocenters. The van der Waals surface area contributed by atoms with Crippen molar-refractivity contribution in [3.8, 4) is 16.9 Å². The van der Waals surface area contributed by atoms with E-state index in [9.17, 15) is 17.6 Å². The van der Waals surface area contributed by atoms with Gasteiger partial charge in [0.05, 0.1) is 5.69 Å². The van der Waals surface area contributed by atoms with Crippen LogP contribution < -0.4 is 10.5 Å². The van der Waals surface area contributed by atoms with Gasteiger partial charge in [0, 0.05) is 6.07 Å². The predicted molar refractivity (Wildman–Crippen MR) is 62.8 cm³/mol. The van der Waals surface area contributed by atoms with Crippen molar-refractivity contribution in [3.63, 3.8) is 0 Å². The molecule has 100 valence electrons. The highest BCUT2D eigenvalue weighted by molar-refractivity contribution is 5.70. The molecular formula is C13H9F4NO. The molecule has 0 atom stereocenters. The molecular weight excluding hydrogens is 262 g/mol. The molecule has 0 spiro atoms. The van der Waals surface area contributed by atoms with Crippen LogP contribution in [0, 0.1) is 11.6 Å². The van der Waals surface area contributed by atoms with Gasteiger partial charge in [-0.15, -0.1) is 0 Å². The van der Waals surface area contributed by atoms with Gasteiger partial charge in [0.15, 0.2) is 0 Å². The third-order valence-electron chi connectivity index (χ3n) is 2.42. The third-order valence-corrected chi connectivity index (χ3v) is 2.42. The summed E-state index contributed by atoms with van der Waals surface area (Å²) in [4.78, 5) is 0. The Morgan fingerprint density at radius 1 is 0.895 bits per heavy atom. The summed E-state index contributed by atoms with van der Waals surface area (Å²) >= 11 is 0. The summed E-state index contributed by atoms with van der Waals surface area (Å²) in [6.45, 7) is -2.99. The number of anilines is 1. The first-order chi connectivity index (χ1) is 8.95. The minimum atomic E-state index is -2.99. The Kier molecular flexibility index (Phi) is 3.59. The molecule has 2 aromatic rings. The average Bonchev–Trinajstić information content (AvgIpc) is 2.30. The Labute approximate surface area is 106 Å². The van der Waals surface area contributed by atoms with Crippen LogP contribution >= 0.6 is 0 Å². The van der Waals surface area contributed by atoms with E-state index < -0.39 is 18.2 Å². The summed E-state index contributed by atoms with van der Waals surface area (Å²) < 4.78 is 54.4. The normalized spacial score (nSPS) is 10.8. The van der Waals surface area contributed by atoms with Crippen LogP contribution in [0.4, 0.5) is 23.2 Å². The Hall–Kier alpha value is -2.24. The number of hydrogen-bond acceptors (Lipinski definition) is 2. The second-order valence-corrected chi connectivity index (χ2v) is 3.79. The van der Waals surface area contributed by atoms with Gasteiger partial charge in [-0.1, -0.05) is 6.07 Å². The zero-order valence-electron chi connectivity index (χ0n) is 9.54. The van der Waals surface area contributed by atoms with Gasteiger partial charge >= 0.3 is 6.61 Å². The zero-order valence-corrected chi connectivity index (χ0v) is 9.54. The van der Waals surface area contributed by atoms with Gasteiger partial charge in [-0.05, 0) is 35.4 Å². The second kappa shape index (κ2) is 5.17. The van der Waals surface area contributed by atoms with Crippen molar-refractivity contribution in [3.05, 3.63) is 48.0 Å². The fraction of sp³-hybridized carbons (Fsp3) is 0.0769. The highest BCUT2D eigenvalue weighted by Gasteiger charge is 2.10. The van der Waals surface area contributed by atoms with E-state index in [1.165, 1.54) is 18.2 Å². The van der Waals surface area contributed by atoms with E-state index in [1.54, 1.807) is 0 Å². The monoisotopic (exact) mass is 271 g/mol. The molecule has 0 aromatic heterocycles. The first-order valence-electron chi connectivity index (χ1n) is 5.26. The lowest BCUT2D eigenvalue weighted by atomic mass is 10.0. The van der Waals surface area contributed by atoms with Gasteiger partial charge in [0.2, 0.25) is 0 Å². The lowest BCUT2D eigenvalue weighted by Crippen LogP contribution is -2.04. The van der Waals surface area contributed by atoms with Crippen LogP contribution in [0.25, 0.3) is 11.1 Å². The highest BCUT2D eigenvalue weighted by atomic mass is 19.3. The molecule has 2 N–H and O–H groups in total. The summed E-state index contributed by atoms with van der Waals surface area (Å²) in [5.74, 6) is -1.65. The largest absolute Gasteiger partial charge is 0.433 e. The summed E-state index contributed by atoms with van der Waals surface area (Å²) in [5.41, 5.74) is 6.16. The number of rotatable bonds is 3. The van der Waals surface area contributed by atoms with E-state index in [0.29, 0.717) is 5.56 Å². The molecule has 0 aliphatic heterocycles. The van der Waals surface area contributed by atoms with Crippen LogP contribution in [0.2, 0.25) is 0 Å². The maximum absolute atomic E-state index is 13.1. The molecule has 0 aliphatic rings.